The maximum Gasteiger partial charge on any atom is 0.159 e. The van der Waals surface area contributed by atoms with Crippen molar-refractivity contribution in [3.8, 4) is 0 Å². The van der Waals surface area contributed by atoms with Gasteiger partial charge in [0.1, 0.15) is 0 Å². The second kappa shape index (κ2) is 3.62. The van der Waals surface area contributed by atoms with Crippen LogP contribution in [-0.4, -0.2) is 17.3 Å². The van der Waals surface area contributed by atoms with Gasteiger partial charge in [-0.3, -0.25) is 4.29 Å². The van der Waals surface area contributed by atoms with Gasteiger partial charge in [-0.25, -0.2) is 0 Å². The Hall–Kier alpha value is 0.500. The molecule has 1 N–H and O–H groups in total. The molecule has 0 spiro atoms. The summed E-state index contributed by atoms with van der Waals surface area (Å²) in [5, 5.41) is 8.67. The van der Waals surface area contributed by atoms with Gasteiger partial charge in [-0.2, -0.15) is 0 Å². The van der Waals surface area contributed by atoms with Gasteiger partial charge in [-0.15, -0.1) is 0 Å². The second-order valence-electron chi connectivity index (χ2n) is 2.55. The molecule has 0 aromatic heterocycles. The molecule has 0 aliphatic carbocycles. The highest BCUT2D eigenvalue weighted by Gasteiger charge is 2.27. The first-order valence-corrected chi connectivity index (χ1v) is 3.31. The number of halogens is 2. The highest BCUT2D eigenvalue weighted by Crippen LogP contribution is 2.26. The van der Waals surface area contributed by atoms with Crippen LogP contribution in [0, 0.1) is 5.41 Å². The largest absolute Gasteiger partial charge is 0.396 e. The minimum atomic E-state index is -0.649. The van der Waals surface area contributed by atoms with Gasteiger partial charge in [0.2, 0.25) is 0 Å². The molecule has 56 valence electrons. The van der Waals surface area contributed by atoms with Crippen molar-refractivity contribution in [2.75, 3.05) is 6.61 Å². The lowest BCUT2D eigenvalue weighted by Gasteiger charge is -2.24. The van der Waals surface area contributed by atoms with E-state index in [1.165, 1.54) is 0 Å². The van der Waals surface area contributed by atoms with E-state index in [1.807, 2.05) is 0 Å². The normalized spacial score (nSPS) is 15.7. The van der Waals surface area contributed by atoms with Crippen molar-refractivity contribution in [2.24, 2.45) is 5.41 Å². The molecular weight excluding hydrogens is 163 g/mol. The number of hydrogen-bond donors (Lipinski definition) is 1. The molecular formula is C5H10Cl2O2. The van der Waals surface area contributed by atoms with Gasteiger partial charge in [0.25, 0.3) is 0 Å². The predicted molar refractivity (Wildman–Crippen MR) is 37.4 cm³/mol. The Kier molecular flexibility index (Phi) is 3.82. The van der Waals surface area contributed by atoms with Crippen molar-refractivity contribution in [1.29, 1.82) is 0 Å². The first-order chi connectivity index (χ1) is 4.04. The molecule has 2 nitrogen and oxygen atoms in total. The monoisotopic (exact) mass is 172 g/mol. The van der Waals surface area contributed by atoms with Crippen LogP contribution in [0.3, 0.4) is 0 Å². The van der Waals surface area contributed by atoms with Crippen LogP contribution in [0.1, 0.15) is 13.8 Å². The molecule has 1 atom stereocenters. The minimum absolute atomic E-state index is 0.0477. The summed E-state index contributed by atoms with van der Waals surface area (Å²) in [7, 11) is 0. The van der Waals surface area contributed by atoms with E-state index in [4.69, 9.17) is 28.6 Å². The summed E-state index contributed by atoms with van der Waals surface area (Å²) in [5.41, 5.74) is -1.13. The first-order valence-electron chi connectivity index (χ1n) is 2.57. The van der Waals surface area contributed by atoms with Crippen molar-refractivity contribution < 1.29 is 9.40 Å². The molecule has 1 unspecified atom stereocenters. The number of aliphatic hydroxyl groups is 1. The lowest BCUT2D eigenvalue weighted by molar-refractivity contribution is 0.0789. The molecule has 0 rings (SSSR count). The Morgan fingerprint density at radius 2 is 2.11 bits per heavy atom. The van der Waals surface area contributed by atoms with Crippen molar-refractivity contribution in [1.82, 2.24) is 0 Å². The minimum Gasteiger partial charge on any atom is -0.396 e. The number of alkyl halides is 1. The van der Waals surface area contributed by atoms with Crippen LogP contribution in [0.4, 0.5) is 0 Å². The molecule has 0 aromatic rings. The van der Waals surface area contributed by atoms with Crippen LogP contribution in [0.5, 0.6) is 0 Å². The molecule has 0 fully saturated rings. The van der Waals surface area contributed by atoms with Crippen LogP contribution in [0.2, 0.25) is 0 Å². The Labute approximate surface area is 64.9 Å². The van der Waals surface area contributed by atoms with Crippen LogP contribution in [0.15, 0.2) is 0 Å². The summed E-state index contributed by atoms with van der Waals surface area (Å²) in [4.78, 5) is 0. The lowest BCUT2D eigenvalue weighted by Crippen LogP contribution is -2.28. The van der Waals surface area contributed by atoms with E-state index < -0.39 is 11.0 Å². The Morgan fingerprint density at radius 3 is 2.22 bits per heavy atom. The van der Waals surface area contributed by atoms with E-state index in [0.717, 1.165) is 0 Å². The molecule has 0 aliphatic heterocycles. The zero-order valence-corrected chi connectivity index (χ0v) is 6.91. The fourth-order valence-electron chi connectivity index (χ4n) is 0.192. The van der Waals surface area contributed by atoms with Gasteiger partial charge in [0, 0.05) is 5.41 Å². The third-order valence-corrected chi connectivity index (χ3v) is 2.05. The van der Waals surface area contributed by atoms with E-state index in [2.05, 4.69) is 4.29 Å². The summed E-state index contributed by atoms with van der Waals surface area (Å²) < 4.78 is 4.28. The van der Waals surface area contributed by atoms with Crippen LogP contribution >= 0.6 is 23.5 Å². The molecule has 0 amide bonds. The number of aliphatic hydroxyl groups excluding tert-OH is 1. The average molecular weight is 173 g/mol. The smallest absolute Gasteiger partial charge is 0.159 e. The molecule has 0 aliphatic rings. The fourth-order valence-corrected chi connectivity index (χ4v) is 0.503. The van der Waals surface area contributed by atoms with E-state index in [1.54, 1.807) is 13.8 Å². The maximum atomic E-state index is 8.67. The molecule has 0 aromatic carbocycles. The predicted octanol–water partition coefficient (Wildman–Crippen LogP) is 1.74. The van der Waals surface area contributed by atoms with Gasteiger partial charge < -0.3 is 5.11 Å². The second-order valence-corrected chi connectivity index (χ2v) is 3.13. The Morgan fingerprint density at radius 1 is 1.67 bits per heavy atom. The highest BCUT2D eigenvalue weighted by atomic mass is 35.5. The maximum absolute atomic E-state index is 8.67. The number of hydrogen-bond acceptors (Lipinski definition) is 2. The third-order valence-electron chi connectivity index (χ3n) is 1.10. The summed E-state index contributed by atoms with van der Waals surface area (Å²) in [5.74, 6) is 0. The molecule has 4 heteroatoms. The van der Waals surface area contributed by atoms with Crippen molar-refractivity contribution in [2.45, 2.75) is 19.4 Å². The summed E-state index contributed by atoms with van der Waals surface area (Å²) in [6.45, 7) is 3.47. The summed E-state index contributed by atoms with van der Waals surface area (Å²) in [6.07, 6.45) is 0. The Bertz CT molecular complexity index is 85.0. The SMILES string of the molecule is CC(C)(CO)C(Cl)OCl. The topological polar surface area (TPSA) is 29.5 Å². The Balaban J connectivity index is 3.80. The van der Waals surface area contributed by atoms with E-state index in [9.17, 15) is 0 Å². The van der Waals surface area contributed by atoms with Crippen molar-refractivity contribution in [3.05, 3.63) is 0 Å². The first kappa shape index (κ1) is 9.50. The standard InChI is InChI=1S/C5H10Cl2O2/c1-5(2,3-8)4(6)9-7/h4,8H,3H2,1-2H3. The average Bonchev–Trinajstić information content (AvgIpc) is 1.86. The molecule has 0 heterocycles. The van der Waals surface area contributed by atoms with Crippen LogP contribution < -0.4 is 0 Å². The lowest BCUT2D eigenvalue weighted by atomic mass is 9.96. The molecule has 9 heavy (non-hydrogen) atoms. The number of rotatable bonds is 3. The van der Waals surface area contributed by atoms with Gasteiger partial charge in [0.05, 0.1) is 18.5 Å². The zero-order chi connectivity index (χ0) is 7.49. The van der Waals surface area contributed by atoms with E-state index >= 15 is 0 Å². The van der Waals surface area contributed by atoms with Crippen molar-refractivity contribution in [3.63, 3.8) is 0 Å². The van der Waals surface area contributed by atoms with E-state index in [-0.39, 0.29) is 6.61 Å². The van der Waals surface area contributed by atoms with E-state index in [0.29, 0.717) is 0 Å². The van der Waals surface area contributed by atoms with Gasteiger partial charge >= 0.3 is 0 Å². The van der Waals surface area contributed by atoms with Crippen LogP contribution in [0.25, 0.3) is 0 Å². The molecule has 0 radical (unpaired) electrons. The van der Waals surface area contributed by atoms with Gasteiger partial charge in [-0.05, 0) is 0 Å². The van der Waals surface area contributed by atoms with Crippen molar-refractivity contribution >= 4 is 23.5 Å². The fraction of sp³-hybridized carbons (Fsp3) is 1.00. The summed E-state index contributed by atoms with van der Waals surface area (Å²) >= 11 is 10.5. The third kappa shape index (κ3) is 2.72. The summed E-state index contributed by atoms with van der Waals surface area (Å²) in [6, 6.07) is 0. The van der Waals surface area contributed by atoms with Gasteiger partial charge in [0.15, 0.2) is 5.56 Å². The molecule has 0 saturated heterocycles. The molecule has 0 saturated carbocycles. The quantitative estimate of drug-likeness (QED) is 0.658. The van der Waals surface area contributed by atoms with Crippen LogP contribution in [-0.2, 0) is 4.29 Å². The highest BCUT2D eigenvalue weighted by molar-refractivity contribution is 6.22. The molecule has 0 bridgehead atoms. The zero-order valence-electron chi connectivity index (χ0n) is 5.40. The van der Waals surface area contributed by atoms with Gasteiger partial charge in [-0.1, -0.05) is 25.4 Å².